The van der Waals surface area contributed by atoms with Crippen LogP contribution in [0.1, 0.15) is 48.2 Å². The second kappa shape index (κ2) is 9.71. The minimum Gasteiger partial charge on any atom is -0.465 e. The van der Waals surface area contributed by atoms with Gasteiger partial charge in [-0.05, 0) is 19.9 Å². The van der Waals surface area contributed by atoms with Gasteiger partial charge in [-0.1, -0.05) is 37.3 Å². The monoisotopic (exact) mass is 372 g/mol. The summed E-state index contributed by atoms with van der Waals surface area (Å²) in [7, 11) is 0. The molecule has 0 spiro atoms. The molecule has 0 atom stereocenters. The number of hydrogen-bond donors (Lipinski definition) is 0. The molecule has 0 amide bonds. The number of benzene rings is 1. The molecule has 0 aliphatic carbocycles. The third-order valence-corrected chi connectivity index (χ3v) is 4.01. The Morgan fingerprint density at radius 1 is 0.963 bits per heavy atom. The van der Waals surface area contributed by atoms with Gasteiger partial charge in [-0.15, -0.1) is 0 Å². The second-order valence-corrected chi connectivity index (χ2v) is 5.86. The summed E-state index contributed by atoms with van der Waals surface area (Å²) in [5, 5.41) is 0. The Kier molecular flexibility index (Phi) is 7.34. The Morgan fingerprint density at radius 2 is 1.56 bits per heavy atom. The number of rotatable bonds is 9. The summed E-state index contributed by atoms with van der Waals surface area (Å²) in [6.07, 6.45) is 0.490. The normalized spacial score (nSPS) is 10.7. The molecule has 0 saturated heterocycles. The van der Waals surface area contributed by atoms with E-state index in [1.807, 2.05) is 13.0 Å². The minimum atomic E-state index is -1.12. The number of ketones is 1. The number of aryl methyl sites for hydroxylation is 1. The standard InChI is InChI=1S/C21H24O6/c1-4-18-16(19(22)14-10-8-7-9-11-14)12-15(27-18)13-17(20(23)25-5-2)21(24)26-6-3/h7-12,17H,4-6,13H2,1-3H3. The lowest BCUT2D eigenvalue weighted by atomic mass is 10.0. The fraction of sp³-hybridized carbons (Fsp3) is 0.381. The molecular weight excluding hydrogens is 348 g/mol. The maximum absolute atomic E-state index is 12.8. The van der Waals surface area contributed by atoms with Gasteiger partial charge in [0, 0.05) is 18.4 Å². The molecule has 1 aromatic carbocycles. The molecule has 0 N–H and O–H groups in total. The van der Waals surface area contributed by atoms with Crippen molar-refractivity contribution in [2.75, 3.05) is 13.2 Å². The van der Waals surface area contributed by atoms with Crippen molar-refractivity contribution in [1.29, 1.82) is 0 Å². The zero-order valence-electron chi connectivity index (χ0n) is 15.8. The highest BCUT2D eigenvalue weighted by Gasteiger charge is 2.32. The Labute approximate surface area is 158 Å². The van der Waals surface area contributed by atoms with Gasteiger partial charge < -0.3 is 13.9 Å². The lowest BCUT2D eigenvalue weighted by molar-refractivity contribution is -0.161. The molecule has 0 fully saturated rings. The highest BCUT2D eigenvalue weighted by atomic mass is 16.6. The smallest absolute Gasteiger partial charge is 0.320 e. The van der Waals surface area contributed by atoms with Crippen LogP contribution in [0.2, 0.25) is 0 Å². The fourth-order valence-electron chi connectivity index (χ4n) is 2.73. The lowest BCUT2D eigenvalue weighted by Crippen LogP contribution is -2.29. The van der Waals surface area contributed by atoms with Crippen LogP contribution in [0.15, 0.2) is 40.8 Å². The number of ether oxygens (including phenoxy) is 2. The molecule has 0 bridgehead atoms. The quantitative estimate of drug-likeness (QED) is 0.381. The molecular formula is C21H24O6. The van der Waals surface area contributed by atoms with Crippen molar-refractivity contribution < 1.29 is 28.3 Å². The van der Waals surface area contributed by atoms with Crippen molar-refractivity contribution in [2.45, 2.75) is 33.6 Å². The molecule has 0 radical (unpaired) electrons. The molecule has 27 heavy (non-hydrogen) atoms. The Hall–Kier alpha value is -2.89. The van der Waals surface area contributed by atoms with Gasteiger partial charge in [-0.2, -0.15) is 0 Å². The van der Waals surface area contributed by atoms with E-state index in [-0.39, 0.29) is 25.4 Å². The molecule has 1 heterocycles. The summed E-state index contributed by atoms with van der Waals surface area (Å²) in [6, 6.07) is 10.5. The summed E-state index contributed by atoms with van der Waals surface area (Å²) < 4.78 is 15.7. The molecule has 2 aromatic rings. The van der Waals surface area contributed by atoms with Crippen molar-refractivity contribution >= 4 is 17.7 Å². The average Bonchev–Trinajstić information content (AvgIpc) is 3.09. The van der Waals surface area contributed by atoms with Gasteiger partial charge in [0.1, 0.15) is 11.5 Å². The van der Waals surface area contributed by atoms with E-state index < -0.39 is 17.9 Å². The number of esters is 2. The zero-order chi connectivity index (χ0) is 19.8. The van der Waals surface area contributed by atoms with E-state index in [0.717, 1.165) is 0 Å². The van der Waals surface area contributed by atoms with Crippen molar-refractivity contribution in [3.05, 3.63) is 59.0 Å². The maximum Gasteiger partial charge on any atom is 0.320 e. The molecule has 1 aromatic heterocycles. The lowest BCUT2D eigenvalue weighted by Gasteiger charge is -2.13. The van der Waals surface area contributed by atoms with E-state index in [9.17, 15) is 14.4 Å². The molecule has 2 rings (SSSR count). The molecule has 6 nitrogen and oxygen atoms in total. The third kappa shape index (κ3) is 5.06. The number of carbonyl (C=O) groups is 3. The third-order valence-electron chi connectivity index (χ3n) is 4.01. The molecule has 0 aliphatic heterocycles. The van der Waals surface area contributed by atoms with Gasteiger partial charge in [0.25, 0.3) is 0 Å². The van der Waals surface area contributed by atoms with Crippen LogP contribution >= 0.6 is 0 Å². The van der Waals surface area contributed by atoms with Gasteiger partial charge in [-0.25, -0.2) is 0 Å². The van der Waals surface area contributed by atoms with Gasteiger partial charge >= 0.3 is 11.9 Å². The predicted octanol–water partition coefficient (Wildman–Crippen LogP) is 3.36. The molecule has 144 valence electrons. The molecule has 0 saturated carbocycles. The minimum absolute atomic E-state index is 0.0211. The van der Waals surface area contributed by atoms with Crippen molar-refractivity contribution in [3.8, 4) is 0 Å². The van der Waals surface area contributed by atoms with Crippen LogP contribution in [0.25, 0.3) is 0 Å². The van der Waals surface area contributed by atoms with E-state index in [1.54, 1.807) is 44.2 Å². The fourth-order valence-corrected chi connectivity index (χ4v) is 2.73. The van der Waals surface area contributed by atoms with E-state index in [0.29, 0.717) is 29.1 Å². The topological polar surface area (TPSA) is 82.8 Å². The SMILES string of the molecule is CCOC(=O)C(Cc1cc(C(=O)c2ccccc2)c(CC)o1)C(=O)OCC. The molecule has 0 aliphatic rings. The zero-order valence-corrected chi connectivity index (χ0v) is 15.8. The van der Waals surface area contributed by atoms with Gasteiger partial charge in [0.2, 0.25) is 0 Å². The van der Waals surface area contributed by atoms with E-state index >= 15 is 0 Å². The first-order valence-electron chi connectivity index (χ1n) is 9.06. The molecule has 0 unspecified atom stereocenters. The summed E-state index contributed by atoms with van der Waals surface area (Å²) in [5.74, 6) is -1.73. The highest BCUT2D eigenvalue weighted by Crippen LogP contribution is 2.23. The van der Waals surface area contributed by atoms with Gasteiger partial charge in [-0.3, -0.25) is 14.4 Å². The summed E-state index contributed by atoms with van der Waals surface area (Å²) >= 11 is 0. The van der Waals surface area contributed by atoms with Crippen LogP contribution < -0.4 is 0 Å². The largest absolute Gasteiger partial charge is 0.465 e. The van der Waals surface area contributed by atoms with Crippen molar-refractivity contribution in [3.63, 3.8) is 0 Å². The van der Waals surface area contributed by atoms with Crippen LogP contribution in [-0.2, 0) is 31.9 Å². The van der Waals surface area contributed by atoms with Crippen LogP contribution in [0.4, 0.5) is 0 Å². The maximum atomic E-state index is 12.8. The van der Waals surface area contributed by atoms with Crippen molar-refractivity contribution in [1.82, 2.24) is 0 Å². The highest BCUT2D eigenvalue weighted by molar-refractivity contribution is 6.09. The Bertz CT molecular complexity index is 772. The van der Waals surface area contributed by atoms with Crippen LogP contribution in [0.3, 0.4) is 0 Å². The van der Waals surface area contributed by atoms with Crippen LogP contribution in [0, 0.1) is 5.92 Å². The summed E-state index contributed by atoms with van der Waals surface area (Å²) in [6.45, 7) is 5.52. The average molecular weight is 372 g/mol. The number of furan rings is 1. The summed E-state index contributed by atoms with van der Waals surface area (Å²) in [4.78, 5) is 37.1. The van der Waals surface area contributed by atoms with E-state index in [2.05, 4.69) is 0 Å². The number of carbonyl (C=O) groups excluding carboxylic acids is 3. The van der Waals surface area contributed by atoms with E-state index in [4.69, 9.17) is 13.9 Å². The first-order valence-corrected chi connectivity index (χ1v) is 9.06. The summed E-state index contributed by atoms with van der Waals surface area (Å²) in [5.41, 5.74) is 0.983. The number of hydrogen-bond acceptors (Lipinski definition) is 6. The van der Waals surface area contributed by atoms with Crippen LogP contribution in [-0.4, -0.2) is 30.9 Å². The predicted molar refractivity (Wildman–Crippen MR) is 98.4 cm³/mol. The first kappa shape index (κ1) is 20.4. The van der Waals surface area contributed by atoms with Crippen molar-refractivity contribution in [2.24, 2.45) is 5.92 Å². The van der Waals surface area contributed by atoms with Gasteiger partial charge in [0.05, 0.1) is 18.8 Å². The Morgan fingerprint density at radius 3 is 2.07 bits per heavy atom. The first-order chi connectivity index (χ1) is 13.0. The van der Waals surface area contributed by atoms with E-state index in [1.165, 1.54) is 0 Å². The molecule has 6 heteroatoms. The van der Waals surface area contributed by atoms with Gasteiger partial charge in [0.15, 0.2) is 11.7 Å². The van der Waals surface area contributed by atoms with Crippen LogP contribution in [0.5, 0.6) is 0 Å². The Balaban J connectivity index is 2.29. The second-order valence-electron chi connectivity index (χ2n) is 5.86.